The van der Waals surface area contributed by atoms with Crippen LogP contribution in [0.15, 0.2) is 0 Å². The first-order chi connectivity index (χ1) is 8.00. The zero-order chi connectivity index (χ0) is 12.6. The molecule has 0 aliphatic carbocycles. The first-order valence-electron chi connectivity index (χ1n) is 6.54. The molecule has 2 aliphatic heterocycles. The lowest BCUT2D eigenvalue weighted by Crippen LogP contribution is -2.37. The Balaban J connectivity index is 1.98. The van der Waals surface area contributed by atoms with Crippen molar-refractivity contribution >= 4 is 11.9 Å². The van der Waals surface area contributed by atoms with Crippen molar-refractivity contribution in [3.05, 3.63) is 0 Å². The van der Waals surface area contributed by atoms with Gasteiger partial charge < -0.3 is 10.0 Å². The molecule has 4 heteroatoms. The number of carbonyl (C=O) groups excluding carboxylic acids is 1. The molecule has 2 rings (SSSR count). The average Bonchev–Trinajstić information content (AvgIpc) is 2.82. The van der Waals surface area contributed by atoms with E-state index >= 15 is 0 Å². The maximum absolute atomic E-state index is 12.1. The van der Waals surface area contributed by atoms with Gasteiger partial charge in [-0.25, -0.2) is 0 Å². The Morgan fingerprint density at radius 3 is 2.59 bits per heavy atom. The van der Waals surface area contributed by atoms with Crippen molar-refractivity contribution in [2.75, 3.05) is 0 Å². The zero-order valence-corrected chi connectivity index (χ0v) is 10.6. The summed E-state index contributed by atoms with van der Waals surface area (Å²) < 4.78 is 0. The molecule has 1 N–H and O–H groups in total. The molecule has 2 fully saturated rings. The fraction of sp³-hybridized carbons (Fsp3) is 0.846. The Morgan fingerprint density at radius 2 is 2.06 bits per heavy atom. The molecule has 2 bridgehead atoms. The number of carboxylic acids is 1. The summed E-state index contributed by atoms with van der Waals surface area (Å²) in [6.45, 7) is 4.21. The Labute approximate surface area is 102 Å². The van der Waals surface area contributed by atoms with Crippen molar-refractivity contribution in [1.29, 1.82) is 0 Å². The van der Waals surface area contributed by atoms with Gasteiger partial charge in [-0.15, -0.1) is 0 Å². The lowest BCUT2D eigenvalue weighted by molar-refractivity contribution is -0.143. The molecule has 3 unspecified atom stereocenters. The van der Waals surface area contributed by atoms with Gasteiger partial charge in [-0.2, -0.15) is 0 Å². The Morgan fingerprint density at radius 1 is 1.35 bits per heavy atom. The third-order valence-corrected chi connectivity index (χ3v) is 4.08. The minimum Gasteiger partial charge on any atom is -0.481 e. The number of fused-ring (bicyclic) bond motifs is 2. The number of hydrogen-bond donors (Lipinski definition) is 1. The van der Waals surface area contributed by atoms with Crippen LogP contribution in [0.4, 0.5) is 0 Å². The van der Waals surface area contributed by atoms with E-state index in [-0.39, 0.29) is 23.9 Å². The molecule has 0 aromatic carbocycles. The fourth-order valence-corrected chi connectivity index (χ4v) is 3.18. The van der Waals surface area contributed by atoms with Crippen molar-refractivity contribution in [3.8, 4) is 0 Å². The van der Waals surface area contributed by atoms with Crippen molar-refractivity contribution in [3.63, 3.8) is 0 Å². The maximum Gasteiger partial charge on any atom is 0.308 e. The Kier molecular flexibility index (Phi) is 3.40. The number of carboxylic acid groups (broad SMARTS) is 1. The van der Waals surface area contributed by atoms with Gasteiger partial charge in [-0.05, 0) is 31.6 Å². The second kappa shape index (κ2) is 4.67. The van der Waals surface area contributed by atoms with Crippen LogP contribution < -0.4 is 0 Å². The van der Waals surface area contributed by atoms with Crippen molar-refractivity contribution in [2.24, 2.45) is 11.8 Å². The number of aliphatic carboxylic acids is 1. The van der Waals surface area contributed by atoms with Gasteiger partial charge in [0.1, 0.15) is 0 Å². The van der Waals surface area contributed by atoms with Crippen molar-refractivity contribution in [1.82, 2.24) is 4.90 Å². The molecule has 3 atom stereocenters. The summed E-state index contributed by atoms with van der Waals surface area (Å²) in [6, 6.07) is 0.165. The van der Waals surface area contributed by atoms with Crippen LogP contribution in [0, 0.1) is 11.8 Å². The molecule has 17 heavy (non-hydrogen) atoms. The number of nitrogens with zero attached hydrogens (tertiary/aromatic N) is 1. The molecule has 0 radical (unpaired) electrons. The monoisotopic (exact) mass is 239 g/mol. The van der Waals surface area contributed by atoms with E-state index in [0.29, 0.717) is 18.8 Å². The summed E-state index contributed by atoms with van der Waals surface area (Å²) in [6.07, 6.45) is 3.98. The molecule has 2 aliphatic rings. The van der Waals surface area contributed by atoms with Crippen LogP contribution in [0.25, 0.3) is 0 Å². The summed E-state index contributed by atoms with van der Waals surface area (Å²) in [7, 11) is 0. The number of carbonyl (C=O) groups is 2. The van der Waals surface area contributed by atoms with Gasteiger partial charge in [0.25, 0.3) is 0 Å². The normalized spacial score (nSPS) is 31.2. The second-order valence-electron chi connectivity index (χ2n) is 5.71. The summed E-state index contributed by atoms with van der Waals surface area (Å²) in [5, 5.41) is 9.12. The molecule has 2 heterocycles. The van der Waals surface area contributed by atoms with Gasteiger partial charge in [-0.1, -0.05) is 13.8 Å². The largest absolute Gasteiger partial charge is 0.481 e. The van der Waals surface area contributed by atoms with Gasteiger partial charge in [0.05, 0.1) is 5.92 Å². The molecule has 0 spiro atoms. The summed E-state index contributed by atoms with van der Waals surface area (Å²) in [5.74, 6) is -0.375. The highest BCUT2D eigenvalue weighted by Crippen LogP contribution is 2.42. The van der Waals surface area contributed by atoms with Crippen LogP contribution in [0.1, 0.15) is 46.0 Å². The Hall–Kier alpha value is -1.06. The molecule has 4 nitrogen and oxygen atoms in total. The lowest BCUT2D eigenvalue weighted by Gasteiger charge is -2.23. The van der Waals surface area contributed by atoms with E-state index in [2.05, 4.69) is 13.8 Å². The van der Waals surface area contributed by atoms with Gasteiger partial charge in [0, 0.05) is 18.5 Å². The highest BCUT2D eigenvalue weighted by Gasteiger charge is 2.50. The standard InChI is InChI=1S/C13H21NO3/c1-8(2)3-6-12(15)14-9-4-5-11(14)10(7-9)13(16)17/h8-11H,3-7H2,1-2H3,(H,16,17). The lowest BCUT2D eigenvalue weighted by atomic mass is 9.89. The van der Waals surface area contributed by atoms with Crippen LogP contribution in [0.3, 0.4) is 0 Å². The summed E-state index contributed by atoms with van der Waals surface area (Å²) in [5.41, 5.74) is 0. The topological polar surface area (TPSA) is 57.6 Å². The molecule has 2 saturated heterocycles. The number of amides is 1. The molecular weight excluding hydrogens is 218 g/mol. The third kappa shape index (κ3) is 2.31. The number of rotatable bonds is 4. The van der Waals surface area contributed by atoms with E-state index in [1.165, 1.54) is 0 Å². The van der Waals surface area contributed by atoms with Crippen molar-refractivity contribution < 1.29 is 14.7 Å². The SMILES string of the molecule is CC(C)CCC(=O)N1C2CCC1C(C(=O)O)C2. The zero-order valence-electron chi connectivity index (χ0n) is 10.6. The summed E-state index contributed by atoms with van der Waals surface area (Å²) in [4.78, 5) is 25.1. The van der Waals surface area contributed by atoms with Gasteiger partial charge in [0.15, 0.2) is 0 Å². The van der Waals surface area contributed by atoms with Gasteiger partial charge >= 0.3 is 5.97 Å². The molecular formula is C13H21NO3. The molecule has 1 amide bonds. The van der Waals surface area contributed by atoms with E-state index in [9.17, 15) is 9.59 Å². The molecule has 0 aromatic heterocycles. The van der Waals surface area contributed by atoms with Crippen LogP contribution in [-0.2, 0) is 9.59 Å². The average molecular weight is 239 g/mol. The van der Waals surface area contributed by atoms with Crippen molar-refractivity contribution in [2.45, 2.75) is 58.0 Å². The van der Waals surface area contributed by atoms with Crippen LogP contribution in [-0.4, -0.2) is 34.0 Å². The van der Waals surface area contributed by atoms with E-state index < -0.39 is 5.97 Å². The molecule has 0 saturated carbocycles. The molecule has 0 aromatic rings. The highest BCUT2D eigenvalue weighted by atomic mass is 16.4. The second-order valence-corrected chi connectivity index (χ2v) is 5.71. The first kappa shape index (κ1) is 12.4. The highest BCUT2D eigenvalue weighted by molar-refractivity contribution is 5.80. The van der Waals surface area contributed by atoms with Crippen LogP contribution >= 0.6 is 0 Å². The number of hydrogen-bond acceptors (Lipinski definition) is 2. The van der Waals surface area contributed by atoms with Gasteiger partial charge in [0.2, 0.25) is 5.91 Å². The Bertz CT molecular complexity index is 327. The van der Waals surface area contributed by atoms with E-state index in [1.54, 1.807) is 0 Å². The molecule has 96 valence electrons. The third-order valence-electron chi connectivity index (χ3n) is 4.08. The maximum atomic E-state index is 12.1. The quantitative estimate of drug-likeness (QED) is 0.815. The minimum atomic E-state index is -0.737. The van der Waals surface area contributed by atoms with E-state index in [0.717, 1.165) is 19.3 Å². The predicted molar refractivity (Wildman–Crippen MR) is 63.5 cm³/mol. The minimum absolute atomic E-state index is 0.0304. The van der Waals surface area contributed by atoms with Crippen LogP contribution in [0.5, 0.6) is 0 Å². The van der Waals surface area contributed by atoms with E-state index in [1.807, 2.05) is 4.90 Å². The fourth-order valence-electron chi connectivity index (χ4n) is 3.18. The predicted octanol–water partition coefficient (Wildman–Crippen LogP) is 1.89. The smallest absolute Gasteiger partial charge is 0.308 e. The van der Waals surface area contributed by atoms with Gasteiger partial charge in [-0.3, -0.25) is 9.59 Å². The van der Waals surface area contributed by atoms with E-state index in [4.69, 9.17) is 5.11 Å². The summed E-state index contributed by atoms with van der Waals surface area (Å²) >= 11 is 0. The first-order valence-corrected chi connectivity index (χ1v) is 6.54. The van der Waals surface area contributed by atoms with Crippen LogP contribution in [0.2, 0.25) is 0 Å².